The minimum absolute atomic E-state index is 0.103. The Morgan fingerprint density at radius 2 is 1.84 bits per heavy atom. The first kappa shape index (κ1) is 20.9. The van der Waals surface area contributed by atoms with E-state index in [0.717, 1.165) is 11.6 Å². The molecule has 4 rings (SSSR count). The fourth-order valence-electron chi connectivity index (χ4n) is 3.17. The van der Waals surface area contributed by atoms with E-state index in [1.165, 1.54) is 36.4 Å². The predicted octanol–water partition coefficient (Wildman–Crippen LogP) is 4.50. The highest BCUT2D eigenvalue weighted by atomic mass is 19.1. The number of nitrogens with zero attached hydrogens (tertiary/aromatic N) is 3. The van der Waals surface area contributed by atoms with Crippen LogP contribution in [0.15, 0.2) is 83.4 Å². The Hall–Kier alpha value is -4.40. The molecule has 3 aromatic carbocycles. The molecule has 1 heterocycles. The second-order valence-corrected chi connectivity index (χ2v) is 6.99. The van der Waals surface area contributed by atoms with E-state index in [2.05, 4.69) is 15.5 Å². The molecule has 1 amide bonds. The third kappa shape index (κ3) is 4.84. The van der Waals surface area contributed by atoms with Crippen molar-refractivity contribution in [1.82, 2.24) is 15.5 Å². The van der Waals surface area contributed by atoms with Crippen molar-refractivity contribution in [3.63, 3.8) is 0 Å². The van der Waals surface area contributed by atoms with Crippen molar-refractivity contribution in [1.29, 1.82) is 0 Å². The zero-order valence-electron chi connectivity index (χ0n) is 16.6. The first-order valence-electron chi connectivity index (χ1n) is 9.68. The monoisotopic (exact) mass is 432 g/mol. The van der Waals surface area contributed by atoms with Crippen LogP contribution in [0.25, 0.3) is 11.4 Å². The number of amides is 1. The van der Waals surface area contributed by atoms with E-state index >= 15 is 0 Å². The van der Waals surface area contributed by atoms with Gasteiger partial charge in [-0.2, -0.15) is 4.98 Å². The van der Waals surface area contributed by atoms with Crippen LogP contribution in [0.1, 0.15) is 27.9 Å². The molecule has 4 aromatic rings. The molecule has 0 radical (unpaired) electrons. The van der Waals surface area contributed by atoms with E-state index in [4.69, 9.17) is 4.52 Å². The van der Waals surface area contributed by atoms with Crippen LogP contribution in [-0.4, -0.2) is 21.0 Å². The Morgan fingerprint density at radius 3 is 2.59 bits per heavy atom. The molecular formula is C23H17FN4O4. The molecule has 1 aromatic heterocycles. The Kier molecular flexibility index (Phi) is 5.98. The van der Waals surface area contributed by atoms with Gasteiger partial charge in [0.05, 0.1) is 4.92 Å². The molecule has 0 saturated heterocycles. The third-order valence-corrected chi connectivity index (χ3v) is 4.73. The maximum atomic E-state index is 13.5. The van der Waals surface area contributed by atoms with Crippen molar-refractivity contribution < 1.29 is 18.6 Å². The van der Waals surface area contributed by atoms with E-state index in [1.807, 2.05) is 30.3 Å². The zero-order valence-corrected chi connectivity index (χ0v) is 16.6. The van der Waals surface area contributed by atoms with Crippen LogP contribution < -0.4 is 5.32 Å². The molecule has 0 bridgehead atoms. The molecule has 9 heteroatoms. The molecule has 1 unspecified atom stereocenters. The van der Waals surface area contributed by atoms with Gasteiger partial charge in [0, 0.05) is 29.7 Å². The maximum Gasteiger partial charge on any atom is 0.270 e. The van der Waals surface area contributed by atoms with Gasteiger partial charge in [-0.3, -0.25) is 14.9 Å². The number of carbonyl (C=O) groups excluding carboxylic acids is 1. The molecular weight excluding hydrogens is 415 g/mol. The second kappa shape index (κ2) is 9.17. The average Bonchev–Trinajstić information content (AvgIpc) is 3.30. The molecule has 0 aliphatic rings. The normalized spacial score (nSPS) is 11.7. The number of hydrogen-bond donors (Lipinski definition) is 1. The maximum absolute atomic E-state index is 13.5. The lowest BCUT2D eigenvalue weighted by Crippen LogP contribution is -2.30. The number of nitrogens with one attached hydrogen (secondary N) is 1. The fourth-order valence-corrected chi connectivity index (χ4v) is 3.17. The highest BCUT2D eigenvalue weighted by Gasteiger charge is 2.23. The SMILES string of the molecule is O=C(NC(Cc1ccccc1)c1nc(-c2cccc([N+](=O)[O-])c2)no1)c1cccc(F)c1. The summed E-state index contributed by atoms with van der Waals surface area (Å²) in [6.07, 6.45) is 0.346. The molecule has 0 fully saturated rings. The van der Waals surface area contributed by atoms with Crippen LogP contribution in [0.4, 0.5) is 10.1 Å². The smallest absolute Gasteiger partial charge is 0.270 e. The number of nitro groups is 1. The summed E-state index contributed by atoms with van der Waals surface area (Å²) >= 11 is 0. The molecule has 0 spiro atoms. The summed E-state index contributed by atoms with van der Waals surface area (Å²) in [5, 5.41) is 17.8. The lowest BCUT2D eigenvalue weighted by Gasteiger charge is -2.15. The van der Waals surface area contributed by atoms with Crippen LogP contribution in [0.2, 0.25) is 0 Å². The average molecular weight is 432 g/mol. The van der Waals surface area contributed by atoms with E-state index in [9.17, 15) is 19.3 Å². The van der Waals surface area contributed by atoms with Crippen LogP contribution in [0.3, 0.4) is 0 Å². The Balaban J connectivity index is 1.63. The van der Waals surface area contributed by atoms with E-state index < -0.39 is 22.7 Å². The fraction of sp³-hybridized carbons (Fsp3) is 0.0870. The van der Waals surface area contributed by atoms with Crippen LogP contribution in [0.5, 0.6) is 0 Å². The molecule has 0 saturated carbocycles. The van der Waals surface area contributed by atoms with Crippen LogP contribution in [-0.2, 0) is 6.42 Å². The van der Waals surface area contributed by atoms with Crippen molar-refractivity contribution in [2.45, 2.75) is 12.5 Å². The topological polar surface area (TPSA) is 111 Å². The molecule has 1 N–H and O–H groups in total. The number of aromatic nitrogens is 2. The number of nitro benzene ring substituents is 1. The number of hydrogen-bond acceptors (Lipinski definition) is 6. The quantitative estimate of drug-likeness (QED) is 0.340. The van der Waals surface area contributed by atoms with E-state index in [1.54, 1.807) is 6.07 Å². The van der Waals surface area contributed by atoms with Gasteiger partial charge in [-0.1, -0.05) is 53.7 Å². The standard InChI is InChI=1S/C23H17FN4O4/c24-18-10-4-9-17(13-18)22(29)25-20(12-15-6-2-1-3-7-15)23-26-21(27-32-23)16-8-5-11-19(14-16)28(30)31/h1-11,13-14,20H,12H2,(H,25,29). The largest absolute Gasteiger partial charge is 0.340 e. The number of carbonyl (C=O) groups is 1. The molecule has 0 aliphatic carbocycles. The van der Waals surface area contributed by atoms with Crippen LogP contribution in [0, 0.1) is 15.9 Å². The van der Waals surface area contributed by atoms with Crippen molar-refractivity contribution in [3.05, 3.63) is 112 Å². The summed E-state index contributed by atoms with van der Waals surface area (Å²) in [4.78, 5) is 27.6. The third-order valence-electron chi connectivity index (χ3n) is 4.73. The van der Waals surface area contributed by atoms with Gasteiger partial charge >= 0.3 is 0 Å². The summed E-state index contributed by atoms with van der Waals surface area (Å²) < 4.78 is 18.9. The lowest BCUT2D eigenvalue weighted by atomic mass is 10.1. The first-order valence-corrected chi connectivity index (χ1v) is 9.68. The number of halogens is 1. The van der Waals surface area contributed by atoms with Gasteiger partial charge in [-0.25, -0.2) is 4.39 Å². The van der Waals surface area contributed by atoms with Crippen molar-refractivity contribution in [3.8, 4) is 11.4 Å². The minimum Gasteiger partial charge on any atom is -0.340 e. The Morgan fingerprint density at radius 1 is 1.06 bits per heavy atom. The van der Waals surface area contributed by atoms with Crippen molar-refractivity contribution >= 4 is 11.6 Å². The summed E-state index contributed by atoms with van der Waals surface area (Å²) in [5.74, 6) is -0.745. The van der Waals surface area contributed by atoms with E-state index in [0.29, 0.717) is 12.0 Å². The Bertz CT molecular complexity index is 1260. The summed E-state index contributed by atoms with van der Waals surface area (Å²) in [6.45, 7) is 0. The number of benzene rings is 3. The summed E-state index contributed by atoms with van der Waals surface area (Å²) in [6, 6.07) is 19.9. The zero-order chi connectivity index (χ0) is 22.5. The summed E-state index contributed by atoms with van der Waals surface area (Å²) in [5.41, 5.74) is 1.37. The van der Waals surface area contributed by atoms with Gasteiger partial charge in [0.1, 0.15) is 11.9 Å². The van der Waals surface area contributed by atoms with Gasteiger partial charge in [0.2, 0.25) is 11.7 Å². The molecule has 0 aliphatic heterocycles. The van der Waals surface area contributed by atoms with Gasteiger partial charge < -0.3 is 9.84 Å². The molecule has 160 valence electrons. The van der Waals surface area contributed by atoms with Gasteiger partial charge in [-0.15, -0.1) is 0 Å². The summed E-state index contributed by atoms with van der Waals surface area (Å²) in [7, 11) is 0. The molecule has 8 nitrogen and oxygen atoms in total. The highest BCUT2D eigenvalue weighted by molar-refractivity contribution is 5.94. The minimum atomic E-state index is -0.701. The molecule has 32 heavy (non-hydrogen) atoms. The van der Waals surface area contributed by atoms with Crippen molar-refractivity contribution in [2.75, 3.05) is 0 Å². The van der Waals surface area contributed by atoms with Gasteiger partial charge in [-0.05, 0) is 23.8 Å². The lowest BCUT2D eigenvalue weighted by molar-refractivity contribution is -0.384. The number of rotatable bonds is 7. The van der Waals surface area contributed by atoms with Crippen molar-refractivity contribution in [2.24, 2.45) is 0 Å². The first-order chi connectivity index (χ1) is 15.5. The van der Waals surface area contributed by atoms with E-state index in [-0.39, 0.29) is 23.0 Å². The van der Waals surface area contributed by atoms with Gasteiger partial charge in [0.25, 0.3) is 11.6 Å². The van der Waals surface area contributed by atoms with Crippen LogP contribution >= 0.6 is 0 Å². The highest BCUT2D eigenvalue weighted by Crippen LogP contribution is 2.24. The van der Waals surface area contributed by atoms with Gasteiger partial charge in [0.15, 0.2) is 0 Å². The number of non-ortho nitro benzene ring substituents is 1. The Labute approximate surface area is 181 Å². The molecule has 1 atom stereocenters. The second-order valence-electron chi connectivity index (χ2n) is 6.99. The predicted molar refractivity (Wildman–Crippen MR) is 113 cm³/mol.